The Bertz CT molecular complexity index is 566. The van der Waals surface area contributed by atoms with Crippen LogP contribution in [0.4, 0.5) is 5.69 Å². The van der Waals surface area contributed by atoms with E-state index < -0.39 is 0 Å². The number of benzene rings is 1. The third kappa shape index (κ3) is 2.97. The first kappa shape index (κ1) is 13.2. The molecule has 0 radical (unpaired) electrons. The van der Waals surface area contributed by atoms with E-state index in [1.807, 2.05) is 25.1 Å². The Balaban J connectivity index is 2.25. The van der Waals surface area contributed by atoms with Crippen LogP contribution in [0.15, 0.2) is 29.0 Å². The van der Waals surface area contributed by atoms with E-state index in [1.165, 1.54) is 6.39 Å². The molecule has 1 aromatic heterocycles. The van der Waals surface area contributed by atoms with E-state index in [9.17, 15) is 4.79 Å². The van der Waals surface area contributed by atoms with Crippen LogP contribution in [0.5, 0.6) is 0 Å². The van der Waals surface area contributed by atoms with Crippen molar-refractivity contribution in [3.63, 3.8) is 0 Å². The van der Waals surface area contributed by atoms with Crippen molar-refractivity contribution in [2.24, 2.45) is 11.7 Å². The fraction of sp³-hybridized carbons (Fsp3) is 0.308. The molecule has 0 bridgehead atoms. The zero-order chi connectivity index (χ0) is 13.8. The summed E-state index contributed by atoms with van der Waals surface area (Å²) in [5.74, 6) is 0.0853. The van der Waals surface area contributed by atoms with Gasteiger partial charge in [0.25, 0.3) is 0 Å². The maximum Gasteiger partial charge on any atom is 0.247 e. The van der Waals surface area contributed by atoms with E-state index in [0.29, 0.717) is 12.4 Å². The summed E-state index contributed by atoms with van der Waals surface area (Å²) in [4.78, 5) is 11.9. The molecule has 1 aromatic carbocycles. The highest BCUT2D eigenvalue weighted by Crippen LogP contribution is 2.24. The summed E-state index contributed by atoms with van der Waals surface area (Å²) >= 11 is 0. The summed E-state index contributed by atoms with van der Waals surface area (Å²) in [5, 5.41) is 10.3. The molecular weight excluding hydrogens is 244 g/mol. The molecule has 1 atom stereocenters. The molecule has 1 unspecified atom stereocenters. The van der Waals surface area contributed by atoms with Gasteiger partial charge in [-0.25, -0.2) is 0 Å². The van der Waals surface area contributed by atoms with E-state index in [-0.39, 0.29) is 11.8 Å². The SMILES string of the molecule is Cc1ccc(-c2nnco2)cc1NC(=O)C(C)CN. The molecule has 6 nitrogen and oxygen atoms in total. The first-order chi connectivity index (χ1) is 9.11. The van der Waals surface area contributed by atoms with Crippen LogP contribution < -0.4 is 11.1 Å². The van der Waals surface area contributed by atoms with E-state index in [2.05, 4.69) is 15.5 Å². The standard InChI is InChI=1S/C13H16N4O2/c1-8-3-4-10(13-17-15-7-19-13)5-11(8)16-12(18)9(2)6-14/h3-5,7,9H,6,14H2,1-2H3,(H,16,18). The van der Waals surface area contributed by atoms with Gasteiger partial charge >= 0.3 is 0 Å². The minimum absolute atomic E-state index is 0.103. The van der Waals surface area contributed by atoms with E-state index >= 15 is 0 Å². The maximum absolute atomic E-state index is 11.9. The highest BCUT2D eigenvalue weighted by molar-refractivity contribution is 5.93. The monoisotopic (exact) mass is 260 g/mol. The molecule has 2 rings (SSSR count). The van der Waals surface area contributed by atoms with Gasteiger partial charge in [-0.15, -0.1) is 10.2 Å². The second-order valence-electron chi connectivity index (χ2n) is 4.40. The van der Waals surface area contributed by atoms with Gasteiger partial charge in [-0.05, 0) is 24.6 Å². The second-order valence-corrected chi connectivity index (χ2v) is 4.40. The Morgan fingerprint density at radius 3 is 2.95 bits per heavy atom. The fourth-order valence-corrected chi connectivity index (χ4v) is 1.55. The summed E-state index contributed by atoms with van der Waals surface area (Å²) in [6.07, 6.45) is 1.27. The number of aryl methyl sites for hydroxylation is 1. The lowest BCUT2D eigenvalue weighted by Crippen LogP contribution is -2.26. The summed E-state index contributed by atoms with van der Waals surface area (Å²) in [5.41, 5.74) is 7.92. The normalized spacial score (nSPS) is 12.2. The van der Waals surface area contributed by atoms with Crippen molar-refractivity contribution >= 4 is 11.6 Å². The number of nitrogens with two attached hydrogens (primary N) is 1. The molecule has 0 aliphatic heterocycles. The van der Waals surface area contributed by atoms with Gasteiger partial charge in [0, 0.05) is 23.7 Å². The minimum atomic E-state index is -0.230. The van der Waals surface area contributed by atoms with Gasteiger partial charge in [0.1, 0.15) is 0 Å². The first-order valence-electron chi connectivity index (χ1n) is 6.00. The average molecular weight is 260 g/mol. The highest BCUT2D eigenvalue weighted by atomic mass is 16.4. The van der Waals surface area contributed by atoms with Gasteiger partial charge in [-0.2, -0.15) is 0 Å². The van der Waals surface area contributed by atoms with Gasteiger partial charge in [-0.1, -0.05) is 13.0 Å². The van der Waals surface area contributed by atoms with Crippen molar-refractivity contribution in [1.82, 2.24) is 10.2 Å². The summed E-state index contributed by atoms with van der Waals surface area (Å²) < 4.78 is 5.13. The number of nitrogens with zero attached hydrogens (tertiary/aromatic N) is 2. The van der Waals surface area contributed by atoms with E-state index in [0.717, 1.165) is 16.8 Å². The van der Waals surface area contributed by atoms with Crippen LogP contribution in [0.2, 0.25) is 0 Å². The third-order valence-electron chi connectivity index (χ3n) is 2.90. The van der Waals surface area contributed by atoms with Crippen LogP contribution in [0, 0.1) is 12.8 Å². The van der Waals surface area contributed by atoms with Crippen molar-refractivity contribution in [2.75, 3.05) is 11.9 Å². The van der Waals surface area contributed by atoms with E-state index in [4.69, 9.17) is 10.2 Å². The molecule has 6 heteroatoms. The van der Waals surface area contributed by atoms with Crippen molar-refractivity contribution in [2.45, 2.75) is 13.8 Å². The van der Waals surface area contributed by atoms with Crippen molar-refractivity contribution in [1.29, 1.82) is 0 Å². The van der Waals surface area contributed by atoms with Gasteiger partial charge in [0.2, 0.25) is 18.2 Å². The molecule has 2 aromatic rings. The van der Waals surface area contributed by atoms with Crippen molar-refractivity contribution in [3.8, 4) is 11.5 Å². The third-order valence-corrected chi connectivity index (χ3v) is 2.90. The molecule has 0 saturated heterocycles. The van der Waals surface area contributed by atoms with E-state index in [1.54, 1.807) is 6.92 Å². The highest BCUT2D eigenvalue weighted by Gasteiger charge is 2.13. The lowest BCUT2D eigenvalue weighted by atomic mass is 10.1. The molecule has 100 valence electrons. The Kier molecular flexibility index (Phi) is 3.91. The minimum Gasteiger partial charge on any atom is -0.423 e. The van der Waals surface area contributed by atoms with Crippen molar-refractivity contribution in [3.05, 3.63) is 30.2 Å². The summed E-state index contributed by atoms with van der Waals surface area (Å²) in [6, 6.07) is 5.57. The van der Waals surface area contributed by atoms with Gasteiger partial charge < -0.3 is 15.5 Å². The zero-order valence-electron chi connectivity index (χ0n) is 10.9. The molecule has 1 heterocycles. The fourth-order valence-electron chi connectivity index (χ4n) is 1.55. The summed E-state index contributed by atoms with van der Waals surface area (Å²) in [6.45, 7) is 4.01. The second kappa shape index (κ2) is 5.62. The maximum atomic E-state index is 11.9. The Morgan fingerprint density at radius 2 is 2.32 bits per heavy atom. The molecular formula is C13H16N4O2. The number of hydrogen-bond donors (Lipinski definition) is 2. The smallest absolute Gasteiger partial charge is 0.247 e. The van der Waals surface area contributed by atoms with Crippen LogP contribution in [0.1, 0.15) is 12.5 Å². The predicted octanol–water partition coefficient (Wildman–Crippen LogP) is 1.58. The summed E-state index contributed by atoms with van der Waals surface area (Å²) in [7, 11) is 0. The molecule has 3 N–H and O–H groups in total. The van der Waals surface area contributed by atoms with Crippen molar-refractivity contribution < 1.29 is 9.21 Å². The van der Waals surface area contributed by atoms with Crippen LogP contribution in [0.3, 0.4) is 0 Å². The number of aromatic nitrogens is 2. The number of carbonyl (C=O) groups excluding carboxylic acids is 1. The quantitative estimate of drug-likeness (QED) is 0.870. The number of carbonyl (C=O) groups is 1. The number of amides is 1. The van der Waals surface area contributed by atoms with Crippen LogP contribution in [-0.2, 0) is 4.79 Å². The van der Waals surface area contributed by atoms with Crippen LogP contribution in [0.25, 0.3) is 11.5 Å². The lowest BCUT2D eigenvalue weighted by molar-refractivity contribution is -0.119. The molecule has 0 aliphatic carbocycles. The number of hydrogen-bond acceptors (Lipinski definition) is 5. The Morgan fingerprint density at radius 1 is 1.53 bits per heavy atom. The molecule has 1 amide bonds. The van der Waals surface area contributed by atoms with Crippen LogP contribution in [-0.4, -0.2) is 22.6 Å². The van der Waals surface area contributed by atoms with Gasteiger partial charge in [0.15, 0.2) is 0 Å². The average Bonchev–Trinajstić information content (AvgIpc) is 2.94. The first-order valence-corrected chi connectivity index (χ1v) is 6.00. The zero-order valence-corrected chi connectivity index (χ0v) is 10.9. The number of anilines is 1. The van der Waals surface area contributed by atoms with Gasteiger partial charge in [-0.3, -0.25) is 4.79 Å². The molecule has 0 spiro atoms. The topological polar surface area (TPSA) is 94.0 Å². The number of rotatable bonds is 4. The molecule has 0 aliphatic rings. The Labute approximate surface area is 111 Å². The molecule has 0 fully saturated rings. The lowest BCUT2D eigenvalue weighted by Gasteiger charge is -2.12. The molecule has 0 saturated carbocycles. The molecule has 19 heavy (non-hydrogen) atoms. The Hall–Kier alpha value is -2.21. The van der Waals surface area contributed by atoms with Crippen LogP contribution >= 0.6 is 0 Å². The van der Waals surface area contributed by atoms with Gasteiger partial charge in [0.05, 0.1) is 0 Å². The predicted molar refractivity (Wildman–Crippen MR) is 71.3 cm³/mol. The largest absolute Gasteiger partial charge is 0.423 e. The number of nitrogens with one attached hydrogen (secondary N) is 1.